The second kappa shape index (κ2) is 4.57. The van der Waals surface area contributed by atoms with Crippen LogP contribution < -0.4 is 5.16 Å². The van der Waals surface area contributed by atoms with Crippen LogP contribution in [0.25, 0.3) is 0 Å². The lowest BCUT2D eigenvalue weighted by atomic mass is 10.1. The third-order valence-electron chi connectivity index (χ3n) is 2.18. The van der Waals surface area contributed by atoms with Crippen LogP contribution in [0, 0.1) is 11.0 Å². The van der Waals surface area contributed by atoms with E-state index in [1.807, 2.05) is 0 Å². The van der Waals surface area contributed by atoms with Gasteiger partial charge in [0.25, 0.3) is 5.71 Å². The third kappa shape index (κ3) is 2.25. The monoisotopic (exact) mass is 218 g/mol. The van der Waals surface area contributed by atoms with E-state index >= 15 is 0 Å². The lowest BCUT2D eigenvalue weighted by molar-refractivity contribution is 0.627. The first-order valence-corrected chi connectivity index (χ1v) is 4.70. The lowest BCUT2D eigenvalue weighted by Gasteiger charge is -1.99. The van der Waals surface area contributed by atoms with Crippen molar-refractivity contribution in [3.05, 3.63) is 59.6 Å². The molecule has 1 radical (unpaired) electrons. The van der Waals surface area contributed by atoms with E-state index in [2.05, 4.69) is 10.1 Å². The summed E-state index contributed by atoms with van der Waals surface area (Å²) in [4.78, 5) is 3.86. The van der Waals surface area contributed by atoms with Crippen LogP contribution in [0.15, 0.2) is 43.0 Å². The van der Waals surface area contributed by atoms with Gasteiger partial charge in [-0.1, -0.05) is 0 Å². The summed E-state index contributed by atoms with van der Waals surface area (Å²) in [6, 6.07) is 5.66. The second-order valence-electron chi connectivity index (χ2n) is 3.28. The molecule has 0 aliphatic carbocycles. The average molecular weight is 218 g/mol. The molecule has 0 saturated carbocycles. The predicted octanol–water partition coefficient (Wildman–Crippen LogP) is 1.35. The van der Waals surface area contributed by atoms with Gasteiger partial charge in [-0.3, -0.25) is 0 Å². The molecule has 0 atom stereocenters. The number of benzene rings is 1. The summed E-state index contributed by atoms with van der Waals surface area (Å²) in [5.74, 6) is -0.336. The Balaban J connectivity index is 2.20. The van der Waals surface area contributed by atoms with Gasteiger partial charge in [0, 0.05) is 12.4 Å². The Morgan fingerprint density at radius 1 is 1.38 bits per heavy atom. The first-order valence-electron chi connectivity index (χ1n) is 4.70. The van der Waals surface area contributed by atoms with Gasteiger partial charge >= 0.3 is 0 Å². The van der Waals surface area contributed by atoms with Crippen LogP contribution in [0.4, 0.5) is 4.39 Å². The first-order chi connectivity index (χ1) is 7.79. The molecule has 0 spiro atoms. The number of aromatic nitrogens is 2. The van der Waals surface area contributed by atoms with Crippen molar-refractivity contribution in [3.63, 3.8) is 0 Å². The highest BCUT2D eigenvalue weighted by Gasteiger charge is 2.12. The normalized spacial score (nSPS) is 11.7. The van der Waals surface area contributed by atoms with Gasteiger partial charge in [0.05, 0.1) is 17.0 Å². The van der Waals surface area contributed by atoms with E-state index in [0.717, 1.165) is 0 Å². The minimum absolute atomic E-state index is 0.329. The Hall–Kier alpha value is -2.17. The molecule has 0 unspecified atom stereocenters. The van der Waals surface area contributed by atoms with Crippen LogP contribution in [0.2, 0.25) is 0 Å². The van der Waals surface area contributed by atoms with Crippen LogP contribution in [-0.4, -0.2) is 15.3 Å². The maximum Gasteiger partial charge on any atom is 0.291 e. The van der Waals surface area contributed by atoms with Crippen molar-refractivity contribution in [3.8, 4) is 0 Å². The quantitative estimate of drug-likeness (QED) is 0.443. The van der Waals surface area contributed by atoms with Crippen LogP contribution in [0.1, 0.15) is 5.56 Å². The molecule has 0 fully saturated rings. The summed E-state index contributed by atoms with van der Waals surface area (Å²) in [5.41, 5.74) is 0.961. The molecule has 1 aromatic carbocycles. The Morgan fingerprint density at radius 2 is 2.12 bits per heavy atom. The van der Waals surface area contributed by atoms with Gasteiger partial charge in [-0.25, -0.2) is 9.37 Å². The van der Waals surface area contributed by atoms with Crippen molar-refractivity contribution in [2.75, 3.05) is 0 Å². The Bertz CT molecular complexity index is 476. The fourth-order valence-corrected chi connectivity index (χ4v) is 1.37. The second-order valence-corrected chi connectivity index (χ2v) is 3.28. The molecule has 1 heterocycles. The summed E-state index contributed by atoms with van der Waals surface area (Å²) in [5, 5.41) is 13.7. The molecule has 81 valence electrons. The highest BCUT2D eigenvalue weighted by atomic mass is 19.1. The van der Waals surface area contributed by atoms with Gasteiger partial charge in [0.1, 0.15) is 12.4 Å². The summed E-state index contributed by atoms with van der Waals surface area (Å²) in [6.07, 6.45) is 4.94. The van der Waals surface area contributed by atoms with Crippen molar-refractivity contribution in [1.82, 2.24) is 14.7 Å². The third-order valence-corrected chi connectivity index (χ3v) is 2.18. The standard InChI is InChI=1S/C11H9FN3O/c12-10-3-1-9(2-4-10)11(14-16)7-15-6-5-13-8-15/h1-6,8H,7H2. The van der Waals surface area contributed by atoms with E-state index in [1.54, 1.807) is 23.3 Å². The molecule has 0 aliphatic rings. The van der Waals surface area contributed by atoms with Gasteiger partial charge in [-0.15, -0.1) is 0 Å². The zero-order valence-electron chi connectivity index (χ0n) is 8.38. The van der Waals surface area contributed by atoms with E-state index in [4.69, 9.17) is 0 Å². The molecule has 0 amide bonds. The van der Waals surface area contributed by atoms with Crippen LogP contribution in [0.3, 0.4) is 0 Å². The molecule has 0 aliphatic heterocycles. The van der Waals surface area contributed by atoms with Gasteiger partial charge in [-0.05, 0) is 24.3 Å². The number of nitrogens with zero attached hydrogens (tertiary/aromatic N) is 3. The molecule has 1 aromatic heterocycles. The van der Waals surface area contributed by atoms with E-state index in [-0.39, 0.29) is 5.82 Å². The number of hydrogen-bond acceptors (Lipinski definition) is 3. The van der Waals surface area contributed by atoms with Gasteiger partial charge < -0.3 is 9.77 Å². The Morgan fingerprint density at radius 3 is 2.69 bits per heavy atom. The fourth-order valence-electron chi connectivity index (χ4n) is 1.37. The zero-order chi connectivity index (χ0) is 11.4. The van der Waals surface area contributed by atoms with Gasteiger partial charge in [-0.2, -0.15) is 0 Å². The molecule has 2 rings (SSSR count). The number of rotatable bonds is 3. The van der Waals surface area contributed by atoms with Gasteiger partial charge in [0.2, 0.25) is 0 Å². The molecule has 16 heavy (non-hydrogen) atoms. The summed E-state index contributed by atoms with van der Waals surface area (Å²) in [7, 11) is 0. The van der Waals surface area contributed by atoms with E-state index in [1.165, 1.54) is 24.3 Å². The molecule has 4 nitrogen and oxygen atoms in total. The highest BCUT2D eigenvalue weighted by molar-refractivity contribution is 5.99. The maximum absolute atomic E-state index is 12.7. The molecular formula is C11H9FN3O. The fraction of sp³-hybridized carbons (Fsp3) is 0.0909. The molecule has 0 N–H and O–H groups in total. The van der Waals surface area contributed by atoms with Crippen LogP contribution in [-0.2, 0) is 6.54 Å². The topological polar surface area (TPSA) is 55.0 Å². The zero-order valence-corrected chi connectivity index (χ0v) is 8.38. The van der Waals surface area contributed by atoms with Crippen molar-refractivity contribution in [1.29, 1.82) is 0 Å². The van der Waals surface area contributed by atoms with E-state index < -0.39 is 0 Å². The first kappa shape index (κ1) is 10.4. The van der Waals surface area contributed by atoms with E-state index in [9.17, 15) is 9.60 Å². The highest BCUT2D eigenvalue weighted by Crippen LogP contribution is 2.04. The Labute approximate surface area is 91.7 Å². The minimum atomic E-state index is -0.336. The number of hydrogen-bond donors (Lipinski definition) is 0. The summed E-state index contributed by atoms with van der Waals surface area (Å²) < 4.78 is 14.4. The van der Waals surface area contributed by atoms with Gasteiger partial charge in [0.15, 0.2) is 0 Å². The van der Waals surface area contributed by atoms with Crippen LogP contribution in [0.5, 0.6) is 0 Å². The maximum atomic E-state index is 12.7. The van der Waals surface area contributed by atoms with Crippen LogP contribution >= 0.6 is 0 Å². The Kier molecular flexibility index (Phi) is 2.95. The smallest absolute Gasteiger partial charge is 0.291 e. The SMILES string of the molecule is [O-][N+]=C(Cn1ccnc1)c1ccc(F)cc1. The number of imidazole rings is 1. The number of halogens is 1. The van der Waals surface area contributed by atoms with Crippen molar-refractivity contribution in [2.45, 2.75) is 6.54 Å². The van der Waals surface area contributed by atoms with Crippen molar-refractivity contribution < 1.29 is 4.39 Å². The average Bonchev–Trinajstić information content (AvgIpc) is 2.80. The van der Waals surface area contributed by atoms with E-state index in [0.29, 0.717) is 17.8 Å². The minimum Gasteiger partial charge on any atom is -0.561 e. The lowest BCUT2D eigenvalue weighted by Crippen LogP contribution is -2.14. The molecule has 0 bridgehead atoms. The summed E-state index contributed by atoms with van der Waals surface area (Å²) in [6.45, 7) is 0.329. The predicted molar refractivity (Wildman–Crippen MR) is 58.2 cm³/mol. The molecule has 5 heteroatoms. The molecule has 2 aromatic rings. The van der Waals surface area contributed by atoms with Crippen molar-refractivity contribution in [2.24, 2.45) is 0 Å². The molecular weight excluding hydrogens is 209 g/mol. The molecule has 0 saturated heterocycles. The summed E-state index contributed by atoms with van der Waals surface area (Å²) >= 11 is 0. The largest absolute Gasteiger partial charge is 0.561 e. The van der Waals surface area contributed by atoms with Crippen molar-refractivity contribution >= 4 is 5.71 Å².